The van der Waals surface area contributed by atoms with Crippen molar-refractivity contribution >= 4 is 49.8 Å². The van der Waals surface area contributed by atoms with E-state index in [0.717, 1.165) is 25.0 Å². The molecule has 19 heteroatoms. The zero-order valence-electron chi connectivity index (χ0n) is 25.4. The van der Waals surface area contributed by atoms with Crippen molar-refractivity contribution in [3.05, 3.63) is 12.2 Å². The van der Waals surface area contributed by atoms with Gasteiger partial charge in [0, 0.05) is 71.6 Å². The Morgan fingerprint density at radius 2 is 1.60 bits per heavy atom. The van der Waals surface area contributed by atoms with Gasteiger partial charge in [0.15, 0.2) is 6.10 Å². The lowest BCUT2D eigenvalue weighted by atomic mass is 10.3. The van der Waals surface area contributed by atoms with Crippen LogP contribution in [0.1, 0.15) is 26.7 Å². The first-order valence-electron chi connectivity index (χ1n) is 13.9. The fourth-order valence-corrected chi connectivity index (χ4v) is 4.07. The second kappa shape index (κ2) is 24.9. The highest BCUT2D eigenvalue weighted by molar-refractivity contribution is 7.54. The van der Waals surface area contributed by atoms with Crippen molar-refractivity contribution in [1.82, 2.24) is 15.5 Å². The molecule has 0 bridgehead atoms. The topological polar surface area (TPSA) is 256 Å². The molecule has 3 unspecified atom stereocenters. The smallest absolute Gasteiger partial charge is 0.339 e. The number of imide groups is 1. The lowest BCUT2D eigenvalue weighted by molar-refractivity contribution is -0.158. The summed E-state index contributed by atoms with van der Waals surface area (Å²) < 4.78 is 36.4. The van der Waals surface area contributed by atoms with E-state index >= 15 is 0 Å². The van der Waals surface area contributed by atoms with E-state index in [4.69, 9.17) is 24.5 Å². The van der Waals surface area contributed by atoms with Gasteiger partial charge in [0.2, 0.25) is 5.91 Å². The Morgan fingerprint density at radius 1 is 0.978 bits per heavy atom. The van der Waals surface area contributed by atoms with Crippen LogP contribution in [0.5, 0.6) is 0 Å². The third-order valence-electron chi connectivity index (χ3n) is 5.33. The van der Waals surface area contributed by atoms with Gasteiger partial charge < -0.3 is 54.3 Å². The van der Waals surface area contributed by atoms with Gasteiger partial charge in [-0.05, 0) is 0 Å². The lowest BCUT2D eigenvalue weighted by Crippen LogP contribution is -2.35. The van der Waals surface area contributed by atoms with Gasteiger partial charge in [0.1, 0.15) is 24.8 Å². The number of carbonyl (C=O) groups is 7. The molecule has 256 valence electrons. The maximum atomic E-state index is 11.7. The van der Waals surface area contributed by atoms with Crippen LogP contribution in [0, 0.1) is 0 Å². The van der Waals surface area contributed by atoms with Crippen LogP contribution in [0.2, 0.25) is 0 Å². The quantitative estimate of drug-likeness (QED) is 0.0281. The molecule has 0 aromatic rings. The molecule has 0 fully saturated rings. The maximum Gasteiger partial charge on any atom is 0.339 e. The second-order valence-corrected chi connectivity index (χ2v) is 11.1. The molecule has 5 N–H and O–H groups in total. The summed E-state index contributed by atoms with van der Waals surface area (Å²) in [6.45, 7) is 4.61. The Hall–Kier alpha value is -3.38. The number of carbonyl (C=O) groups excluding carboxylic acids is 7. The highest BCUT2D eigenvalue weighted by Crippen LogP contribution is 2.46. The van der Waals surface area contributed by atoms with Gasteiger partial charge in [0.05, 0.1) is 33.0 Å². The molecule has 45 heavy (non-hydrogen) atoms. The van der Waals surface area contributed by atoms with Gasteiger partial charge in [-0.2, -0.15) is 0 Å². The van der Waals surface area contributed by atoms with Crippen molar-refractivity contribution < 1.29 is 66.5 Å². The monoisotopic (exact) mass is 666 g/mol. The highest BCUT2D eigenvalue weighted by Gasteiger charge is 2.32. The molecular formula is C26H43N4O14P. The van der Waals surface area contributed by atoms with E-state index in [2.05, 4.69) is 15.4 Å². The highest BCUT2D eigenvalue weighted by atomic mass is 31.2. The van der Waals surface area contributed by atoms with E-state index < -0.39 is 37.9 Å². The SMILES string of the molecule is CC(=O)OCC(COP(=O)(O)C(C=O)CN)OC(C)=O.O=CCCNCCOCCOCCNC(=O)CCN1C(=O)C=CC1=O. The number of nitrogens with two attached hydrogens (primary N) is 1. The van der Waals surface area contributed by atoms with Crippen molar-refractivity contribution in [2.75, 3.05) is 72.4 Å². The Balaban J connectivity index is 0.000000884. The zero-order chi connectivity index (χ0) is 34.1. The van der Waals surface area contributed by atoms with Crippen molar-refractivity contribution in [1.29, 1.82) is 0 Å². The summed E-state index contributed by atoms with van der Waals surface area (Å²) in [6, 6.07) is 0. The van der Waals surface area contributed by atoms with Crippen molar-refractivity contribution in [3.8, 4) is 0 Å². The molecule has 0 aromatic carbocycles. The van der Waals surface area contributed by atoms with Crippen molar-refractivity contribution in [2.24, 2.45) is 5.73 Å². The summed E-state index contributed by atoms with van der Waals surface area (Å²) >= 11 is 0. The Morgan fingerprint density at radius 3 is 2.13 bits per heavy atom. The summed E-state index contributed by atoms with van der Waals surface area (Å²) in [5.74, 6) is -2.31. The molecule has 3 atom stereocenters. The largest absolute Gasteiger partial charge is 0.462 e. The number of nitrogens with zero attached hydrogens (tertiary/aromatic N) is 1. The predicted molar refractivity (Wildman–Crippen MR) is 156 cm³/mol. The van der Waals surface area contributed by atoms with Gasteiger partial charge in [-0.1, -0.05) is 0 Å². The van der Waals surface area contributed by atoms with Crippen LogP contribution >= 0.6 is 7.60 Å². The number of hydrogen-bond donors (Lipinski definition) is 4. The van der Waals surface area contributed by atoms with Crippen LogP contribution in [-0.2, 0) is 61.6 Å². The summed E-state index contributed by atoms with van der Waals surface area (Å²) in [5.41, 5.74) is 3.79. The maximum absolute atomic E-state index is 11.7. The van der Waals surface area contributed by atoms with Crippen molar-refractivity contribution in [2.45, 2.75) is 38.5 Å². The first kappa shape index (κ1) is 41.6. The van der Waals surface area contributed by atoms with E-state index in [-0.39, 0.29) is 50.1 Å². The average molecular weight is 667 g/mol. The number of hydrogen-bond acceptors (Lipinski definition) is 15. The Labute approximate surface area is 260 Å². The minimum Gasteiger partial charge on any atom is -0.462 e. The number of rotatable bonds is 24. The summed E-state index contributed by atoms with van der Waals surface area (Å²) in [6.07, 6.45) is 2.98. The fourth-order valence-electron chi connectivity index (χ4n) is 3.08. The van der Waals surface area contributed by atoms with E-state index in [1.54, 1.807) is 0 Å². The van der Waals surface area contributed by atoms with Crippen LogP contribution < -0.4 is 16.4 Å². The fraction of sp³-hybridized carbons (Fsp3) is 0.654. The standard InChI is InChI=1S/C16H25N3O6.C10H18NO8P/c20-9-1-5-17-6-10-24-12-13-25-11-7-18-14(21)4-8-19-15(22)2-3-16(19)23;1-7(13)17-5-9(19-8(2)14)6-18-20(15,16)10(3-11)4-12/h2-3,9,17H,1,4-8,10-13H2,(H,18,21);4,9-10H,3,5-6,11H2,1-2H3,(H,15,16). The zero-order valence-corrected chi connectivity index (χ0v) is 26.3. The van der Waals surface area contributed by atoms with Gasteiger partial charge in [-0.15, -0.1) is 0 Å². The first-order chi connectivity index (χ1) is 21.4. The van der Waals surface area contributed by atoms with Gasteiger partial charge >= 0.3 is 19.5 Å². The number of nitrogens with one attached hydrogen (secondary N) is 2. The summed E-state index contributed by atoms with van der Waals surface area (Å²) in [5, 5.41) is 5.71. The molecule has 0 aromatic heterocycles. The summed E-state index contributed by atoms with van der Waals surface area (Å²) in [7, 11) is -4.27. The van der Waals surface area contributed by atoms with Crippen molar-refractivity contribution in [3.63, 3.8) is 0 Å². The molecule has 1 heterocycles. The Kier molecular flexibility index (Phi) is 23.0. The molecule has 0 spiro atoms. The first-order valence-corrected chi connectivity index (χ1v) is 15.6. The number of amides is 3. The van der Waals surface area contributed by atoms with Gasteiger partial charge in [0.25, 0.3) is 11.8 Å². The third kappa shape index (κ3) is 21.1. The minimum atomic E-state index is -4.27. The number of esters is 2. The average Bonchev–Trinajstić information content (AvgIpc) is 3.30. The normalized spacial score (nSPS) is 14.9. The van der Waals surface area contributed by atoms with E-state index in [1.165, 1.54) is 12.2 Å². The molecule has 3 amide bonds. The molecule has 1 aliphatic rings. The van der Waals surface area contributed by atoms with Crippen LogP contribution in [-0.4, -0.2) is 136 Å². The molecule has 0 saturated heterocycles. The van der Waals surface area contributed by atoms with Gasteiger partial charge in [-0.3, -0.25) is 33.4 Å². The second-order valence-electron chi connectivity index (χ2n) is 9.02. The number of aldehydes is 2. The molecule has 0 aliphatic carbocycles. The van der Waals surface area contributed by atoms with Crippen LogP contribution in [0.25, 0.3) is 0 Å². The molecule has 1 aliphatic heterocycles. The predicted octanol–water partition coefficient (Wildman–Crippen LogP) is -2.16. The van der Waals surface area contributed by atoms with Crippen LogP contribution in [0.4, 0.5) is 0 Å². The van der Waals surface area contributed by atoms with Crippen LogP contribution in [0.15, 0.2) is 12.2 Å². The molecule has 0 saturated carbocycles. The lowest BCUT2D eigenvalue weighted by Gasteiger charge is -2.21. The third-order valence-corrected chi connectivity index (χ3v) is 7.02. The summed E-state index contributed by atoms with van der Waals surface area (Å²) in [4.78, 5) is 86.9. The Bertz CT molecular complexity index is 1020. The molecular weight excluding hydrogens is 623 g/mol. The van der Waals surface area contributed by atoms with E-state index in [9.17, 15) is 43.0 Å². The van der Waals surface area contributed by atoms with Crippen LogP contribution in [0.3, 0.4) is 0 Å². The van der Waals surface area contributed by atoms with E-state index in [1.807, 2.05) is 0 Å². The molecule has 1 rings (SSSR count). The molecule has 18 nitrogen and oxygen atoms in total. The minimum absolute atomic E-state index is 0.0688. The van der Waals surface area contributed by atoms with Gasteiger partial charge in [-0.25, -0.2) is 0 Å². The number of ether oxygens (including phenoxy) is 4. The van der Waals surface area contributed by atoms with E-state index in [0.29, 0.717) is 52.5 Å². The molecule has 0 radical (unpaired) electrons.